The molecule has 0 aromatic heterocycles. The van der Waals surface area contributed by atoms with Gasteiger partial charge < -0.3 is 14.8 Å². The molecule has 136 valence electrons. The number of amides is 2. The van der Waals surface area contributed by atoms with Crippen molar-refractivity contribution >= 4 is 18.0 Å². The Labute approximate surface area is 152 Å². The van der Waals surface area contributed by atoms with Gasteiger partial charge in [-0.25, -0.2) is 5.43 Å². The second kappa shape index (κ2) is 9.22. The molecule has 7 heteroatoms. The lowest BCUT2D eigenvalue weighted by Gasteiger charge is -2.08. The van der Waals surface area contributed by atoms with Crippen molar-refractivity contribution in [2.75, 3.05) is 20.8 Å². The zero-order valence-corrected chi connectivity index (χ0v) is 14.9. The van der Waals surface area contributed by atoms with Crippen molar-refractivity contribution in [1.82, 2.24) is 10.7 Å². The number of nitrogens with zero attached hydrogens (tertiary/aromatic N) is 1. The second-order valence-corrected chi connectivity index (χ2v) is 5.41. The van der Waals surface area contributed by atoms with Gasteiger partial charge in [0.1, 0.15) is 11.5 Å². The van der Waals surface area contributed by atoms with E-state index in [1.54, 1.807) is 31.4 Å². The fraction of sp³-hybridized carbons (Fsp3) is 0.211. The fourth-order valence-electron chi connectivity index (χ4n) is 2.22. The number of para-hydroxylation sites is 1. The highest BCUT2D eigenvalue weighted by Crippen LogP contribution is 2.18. The molecule has 0 fully saturated rings. The summed E-state index contributed by atoms with van der Waals surface area (Å²) in [5, 5.41) is 6.40. The first-order valence-corrected chi connectivity index (χ1v) is 7.93. The van der Waals surface area contributed by atoms with Crippen molar-refractivity contribution in [3.05, 3.63) is 59.2 Å². The third kappa shape index (κ3) is 5.07. The molecule has 2 rings (SSSR count). The molecule has 7 nitrogen and oxygen atoms in total. The van der Waals surface area contributed by atoms with Crippen LogP contribution in [0.15, 0.2) is 47.6 Å². The van der Waals surface area contributed by atoms with Gasteiger partial charge in [-0.3, -0.25) is 9.59 Å². The molecule has 0 atom stereocenters. The zero-order chi connectivity index (χ0) is 18.9. The zero-order valence-electron chi connectivity index (χ0n) is 14.9. The number of nitrogens with one attached hydrogen (secondary N) is 2. The number of benzene rings is 2. The Bertz CT molecular complexity index is 818. The Morgan fingerprint density at radius 2 is 1.81 bits per heavy atom. The molecule has 0 radical (unpaired) electrons. The highest BCUT2D eigenvalue weighted by molar-refractivity contribution is 5.98. The van der Waals surface area contributed by atoms with E-state index >= 15 is 0 Å². The van der Waals surface area contributed by atoms with Crippen molar-refractivity contribution in [2.45, 2.75) is 6.92 Å². The molecule has 0 bridgehead atoms. The lowest BCUT2D eigenvalue weighted by Crippen LogP contribution is -2.35. The lowest BCUT2D eigenvalue weighted by atomic mass is 10.1. The molecular formula is C19H21N3O4. The van der Waals surface area contributed by atoms with E-state index in [4.69, 9.17) is 9.47 Å². The van der Waals surface area contributed by atoms with Crippen LogP contribution >= 0.6 is 0 Å². The summed E-state index contributed by atoms with van der Waals surface area (Å²) in [6, 6.07) is 12.3. The summed E-state index contributed by atoms with van der Waals surface area (Å²) in [6.45, 7) is 1.73. The van der Waals surface area contributed by atoms with Crippen LogP contribution in [-0.2, 0) is 4.79 Å². The number of carbonyl (C=O) groups is 2. The molecule has 2 N–H and O–H groups in total. The van der Waals surface area contributed by atoms with E-state index in [1.807, 2.05) is 25.1 Å². The number of hydrogen-bond acceptors (Lipinski definition) is 5. The third-order valence-electron chi connectivity index (χ3n) is 3.60. The average molecular weight is 355 g/mol. The summed E-state index contributed by atoms with van der Waals surface area (Å²) in [5.41, 5.74) is 4.51. The van der Waals surface area contributed by atoms with E-state index in [0.29, 0.717) is 11.3 Å². The molecule has 0 aliphatic carbocycles. The maximum absolute atomic E-state index is 12.1. The number of methoxy groups -OCH3 is 2. The van der Waals surface area contributed by atoms with Crippen molar-refractivity contribution in [3.63, 3.8) is 0 Å². The summed E-state index contributed by atoms with van der Waals surface area (Å²) in [6.07, 6.45) is 1.50. The van der Waals surface area contributed by atoms with Gasteiger partial charge >= 0.3 is 0 Å². The molecule has 0 heterocycles. The maximum Gasteiger partial charge on any atom is 0.259 e. The van der Waals surface area contributed by atoms with E-state index < -0.39 is 11.8 Å². The standard InChI is InChI=1S/C19H21N3O4/c1-13-8-9-14(10-17(13)26-3)11-21-22-18(23)12-20-19(24)15-6-4-5-7-16(15)25-2/h4-11H,12H2,1-3H3,(H,20,24)(H,22,23). The number of aryl methyl sites for hydroxylation is 1. The van der Waals surface area contributed by atoms with Gasteiger partial charge in [0.25, 0.3) is 11.8 Å². The van der Waals surface area contributed by atoms with Crippen molar-refractivity contribution in [3.8, 4) is 11.5 Å². The van der Waals surface area contributed by atoms with Gasteiger partial charge in [0.2, 0.25) is 0 Å². The van der Waals surface area contributed by atoms with Gasteiger partial charge in [-0.2, -0.15) is 5.10 Å². The minimum Gasteiger partial charge on any atom is -0.496 e. The van der Waals surface area contributed by atoms with Crippen LogP contribution in [0.2, 0.25) is 0 Å². The quantitative estimate of drug-likeness (QED) is 0.586. The minimum atomic E-state index is -0.441. The van der Waals surface area contributed by atoms with Gasteiger partial charge in [0.15, 0.2) is 0 Å². The van der Waals surface area contributed by atoms with Crippen LogP contribution in [0.4, 0.5) is 0 Å². The number of rotatable bonds is 7. The second-order valence-electron chi connectivity index (χ2n) is 5.41. The van der Waals surface area contributed by atoms with E-state index in [2.05, 4.69) is 15.8 Å². The van der Waals surface area contributed by atoms with E-state index in [0.717, 1.165) is 16.9 Å². The Kier molecular flexibility index (Phi) is 6.73. The van der Waals surface area contributed by atoms with Gasteiger partial charge in [0, 0.05) is 0 Å². The fourth-order valence-corrected chi connectivity index (χ4v) is 2.22. The molecule has 0 unspecified atom stereocenters. The van der Waals surface area contributed by atoms with Crippen LogP contribution in [-0.4, -0.2) is 38.8 Å². The van der Waals surface area contributed by atoms with Crippen molar-refractivity contribution in [2.24, 2.45) is 5.10 Å². The maximum atomic E-state index is 12.1. The van der Waals surface area contributed by atoms with Crippen LogP contribution < -0.4 is 20.2 Å². The summed E-state index contributed by atoms with van der Waals surface area (Å²) >= 11 is 0. The largest absolute Gasteiger partial charge is 0.496 e. The predicted octanol–water partition coefficient (Wildman–Crippen LogP) is 1.89. The molecule has 0 aliphatic heterocycles. The highest BCUT2D eigenvalue weighted by atomic mass is 16.5. The van der Waals surface area contributed by atoms with Crippen LogP contribution in [0.1, 0.15) is 21.5 Å². The van der Waals surface area contributed by atoms with Crippen LogP contribution in [0.25, 0.3) is 0 Å². The van der Waals surface area contributed by atoms with Crippen LogP contribution in [0, 0.1) is 6.92 Å². The molecular weight excluding hydrogens is 334 g/mol. The molecule has 0 aliphatic rings. The van der Waals surface area contributed by atoms with Gasteiger partial charge in [-0.05, 0) is 36.2 Å². The SMILES string of the molecule is COc1cc(C=NNC(=O)CNC(=O)c2ccccc2OC)ccc1C. The Morgan fingerprint density at radius 3 is 2.54 bits per heavy atom. The number of hydrogen-bond donors (Lipinski definition) is 2. The van der Waals surface area contributed by atoms with Crippen LogP contribution in [0.3, 0.4) is 0 Å². The third-order valence-corrected chi connectivity index (χ3v) is 3.60. The summed E-state index contributed by atoms with van der Waals surface area (Å²) < 4.78 is 10.4. The van der Waals surface area contributed by atoms with Gasteiger partial charge in [-0.15, -0.1) is 0 Å². The summed E-state index contributed by atoms with van der Waals surface area (Å²) in [5.74, 6) is 0.342. The van der Waals surface area contributed by atoms with E-state index in [1.165, 1.54) is 13.3 Å². The smallest absolute Gasteiger partial charge is 0.259 e. The molecule has 2 amide bonds. The summed E-state index contributed by atoms with van der Waals surface area (Å²) in [4.78, 5) is 23.9. The van der Waals surface area contributed by atoms with Gasteiger partial charge in [0.05, 0.1) is 32.5 Å². The predicted molar refractivity (Wildman–Crippen MR) is 98.8 cm³/mol. The Balaban J connectivity index is 1.86. The normalized spacial score (nSPS) is 10.4. The molecule has 26 heavy (non-hydrogen) atoms. The first-order chi connectivity index (χ1) is 12.5. The topological polar surface area (TPSA) is 89.0 Å². The van der Waals surface area contributed by atoms with Gasteiger partial charge in [-0.1, -0.05) is 24.3 Å². The van der Waals surface area contributed by atoms with E-state index in [9.17, 15) is 9.59 Å². The lowest BCUT2D eigenvalue weighted by molar-refractivity contribution is -0.120. The first-order valence-electron chi connectivity index (χ1n) is 7.93. The number of ether oxygens (including phenoxy) is 2. The molecule has 0 saturated carbocycles. The van der Waals surface area contributed by atoms with Crippen molar-refractivity contribution < 1.29 is 19.1 Å². The Morgan fingerprint density at radius 1 is 1.08 bits per heavy atom. The average Bonchev–Trinajstić information content (AvgIpc) is 2.67. The van der Waals surface area contributed by atoms with E-state index in [-0.39, 0.29) is 6.54 Å². The minimum absolute atomic E-state index is 0.203. The monoisotopic (exact) mass is 355 g/mol. The van der Waals surface area contributed by atoms with Crippen molar-refractivity contribution in [1.29, 1.82) is 0 Å². The van der Waals surface area contributed by atoms with Crippen LogP contribution in [0.5, 0.6) is 11.5 Å². The highest BCUT2D eigenvalue weighted by Gasteiger charge is 2.12. The number of carbonyl (C=O) groups excluding carboxylic acids is 2. The number of hydrazone groups is 1. The molecule has 2 aromatic rings. The summed E-state index contributed by atoms with van der Waals surface area (Å²) in [7, 11) is 3.07. The molecule has 0 saturated heterocycles. The first kappa shape index (κ1) is 19.0. The Hall–Kier alpha value is -3.35. The molecule has 0 spiro atoms. The molecule has 2 aromatic carbocycles.